The van der Waals surface area contributed by atoms with Gasteiger partial charge in [0.2, 0.25) is 5.91 Å². The van der Waals surface area contributed by atoms with Gasteiger partial charge >= 0.3 is 5.97 Å². The van der Waals surface area contributed by atoms with Crippen molar-refractivity contribution >= 4 is 11.9 Å². The molecular weight excluding hydrogens is 232 g/mol. The third kappa shape index (κ3) is 2.83. The first-order valence-electron chi connectivity index (χ1n) is 6.86. The quantitative estimate of drug-likeness (QED) is 0.764. The van der Waals surface area contributed by atoms with Crippen molar-refractivity contribution in [2.24, 2.45) is 17.6 Å². The molecule has 1 amide bonds. The molecule has 5 heteroatoms. The van der Waals surface area contributed by atoms with E-state index in [1.165, 1.54) is 0 Å². The highest BCUT2D eigenvalue weighted by atomic mass is 16.4. The summed E-state index contributed by atoms with van der Waals surface area (Å²) in [6, 6.07) is 0.0505. The van der Waals surface area contributed by atoms with Gasteiger partial charge in [0, 0.05) is 19.1 Å². The van der Waals surface area contributed by atoms with Gasteiger partial charge in [0.1, 0.15) is 0 Å². The fourth-order valence-electron chi connectivity index (χ4n) is 3.17. The number of hydrogen-bond acceptors (Lipinski definition) is 3. The highest BCUT2D eigenvalue weighted by Gasteiger charge is 2.38. The zero-order valence-electron chi connectivity index (χ0n) is 10.7. The summed E-state index contributed by atoms with van der Waals surface area (Å²) < 4.78 is 0. The Labute approximate surface area is 107 Å². The number of piperidine rings is 1. The molecule has 1 aliphatic carbocycles. The van der Waals surface area contributed by atoms with E-state index >= 15 is 0 Å². The van der Waals surface area contributed by atoms with E-state index in [9.17, 15) is 14.7 Å². The predicted molar refractivity (Wildman–Crippen MR) is 66.9 cm³/mol. The predicted octanol–water partition coefficient (Wildman–Crippen LogP) is 0.827. The van der Waals surface area contributed by atoms with E-state index in [-0.39, 0.29) is 17.9 Å². The van der Waals surface area contributed by atoms with Gasteiger partial charge in [-0.2, -0.15) is 0 Å². The van der Waals surface area contributed by atoms with Crippen LogP contribution in [0.25, 0.3) is 0 Å². The molecule has 3 unspecified atom stereocenters. The van der Waals surface area contributed by atoms with Crippen LogP contribution < -0.4 is 5.73 Å². The first-order chi connectivity index (χ1) is 8.59. The van der Waals surface area contributed by atoms with Crippen LogP contribution >= 0.6 is 0 Å². The number of nitrogens with zero attached hydrogens (tertiary/aromatic N) is 1. The maximum Gasteiger partial charge on any atom is 0.307 e. The number of carboxylic acids is 1. The highest BCUT2D eigenvalue weighted by Crippen LogP contribution is 2.32. The van der Waals surface area contributed by atoms with Crippen LogP contribution in [0.2, 0.25) is 0 Å². The molecule has 0 aromatic heterocycles. The Morgan fingerprint density at radius 3 is 2.33 bits per heavy atom. The molecule has 1 aliphatic heterocycles. The molecule has 102 valence electrons. The first kappa shape index (κ1) is 13.3. The molecule has 1 saturated heterocycles. The normalized spacial score (nSPS) is 33.2. The maximum absolute atomic E-state index is 12.4. The molecule has 18 heavy (non-hydrogen) atoms. The minimum atomic E-state index is -0.825. The van der Waals surface area contributed by atoms with Crippen molar-refractivity contribution in [2.75, 3.05) is 13.1 Å². The second-order valence-corrected chi connectivity index (χ2v) is 5.52. The lowest BCUT2D eigenvalue weighted by atomic mass is 9.78. The Morgan fingerprint density at radius 2 is 1.72 bits per heavy atom. The van der Waals surface area contributed by atoms with Crippen molar-refractivity contribution < 1.29 is 14.7 Å². The van der Waals surface area contributed by atoms with Crippen molar-refractivity contribution in [3.8, 4) is 0 Å². The van der Waals surface area contributed by atoms with E-state index in [1.807, 2.05) is 0 Å². The average molecular weight is 254 g/mol. The van der Waals surface area contributed by atoms with E-state index in [1.54, 1.807) is 4.90 Å². The molecule has 0 bridgehead atoms. The smallest absolute Gasteiger partial charge is 0.307 e. The lowest BCUT2D eigenvalue weighted by Crippen LogP contribution is -2.50. The summed E-state index contributed by atoms with van der Waals surface area (Å²) in [6.07, 6.45) is 5.10. The van der Waals surface area contributed by atoms with E-state index < -0.39 is 11.9 Å². The molecule has 2 fully saturated rings. The second-order valence-electron chi connectivity index (χ2n) is 5.52. The van der Waals surface area contributed by atoms with Crippen LogP contribution in [0.4, 0.5) is 0 Å². The number of rotatable bonds is 2. The van der Waals surface area contributed by atoms with Gasteiger partial charge in [-0.3, -0.25) is 9.59 Å². The molecular formula is C13H22N2O3. The summed E-state index contributed by atoms with van der Waals surface area (Å²) in [5.74, 6) is -1.64. The van der Waals surface area contributed by atoms with Crippen LogP contribution in [0.3, 0.4) is 0 Å². The monoisotopic (exact) mass is 254 g/mol. The molecule has 3 N–H and O–H groups in total. The zero-order valence-corrected chi connectivity index (χ0v) is 10.7. The summed E-state index contributed by atoms with van der Waals surface area (Å²) in [5.41, 5.74) is 5.88. The Morgan fingerprint density at radius 1 is 1.06 bits per heavy atom. The van der Waals surface area contributed by atoms with Gasteiger partial charge in [-0.1, -0.05) is 12.8 Å². The number of carbonyl (C=O) groups is 2. The zero-order chi connectivity index (χ0) is 13.1. The molecule has 2 rings (SSSR count). The van der Waals surface area contributed by atoms with Gasteiger partial charge in [-0.25, -0.2) is 0 Å². The molecule has 0 aromatic rings. The Bertz CT molecular complexity index is 332. The molecule has 1 heterocycles. The van der Waals surface area contributed by atoms with Crippen LogP contribution in [0.5, 0.6) is 0 Å². The van der Waals surface area contributed by atoms with Gasteiger partial charge < -0.3 is 15.7 Å². The molecule has 5 nitrogen and oxygen atoms in total. The highest BCUT2D eigenvalue weighted by molar-refractivity contribution is 5.85. The van der Waals surface area contributed by atoms with Crippen LogP contribution in [-0.2, 0) is 9.59 Å². The molecule has 1 saturated carbocycles. The fourth-order valence-corrected chi connectivity index (χ4v) is 3.17. The van der Waals surface area contributed by atoms with Gasteiger partial charge in [0.25, 0.3) is 0 Å². The van der Waals surface area contributed by atoms with Crippen molar-refractivity contribution in [3.05, 3.63) is 0 Å². The van der Waals surface area contributed by atoms with Gasteiger partial charge in [0.15, 0.2) is 0 Å². The minimum absolute atomic E-state index is 0.0113. The maximum atomic E-state index is 12.4. The molecule has 0 aromatic carbocycles. The number of carboxylic acid groups (broad SMARTS) is 1. The van der Waals surface area contributed by atoms with E-state index in [0.717, 1.165) is 32.2 Å². The molecule has 2 aliphatic rings. The van der Waals surface area contributed by atoms with E-state index in [0.29, 0.717) is 19.4 Å². The van der Waals surface area contributed by atoms with E-state index in [4.69, 9.17) is 5.73 Å². The standard InChI is InChI=1S/C13H22N2O3/c14-9-4-3-7-15(8-9)12(16)10-5-1-2-6-11(10)13(17)18/h9-11H,1-8,14H2,(H,17,18). The van der Waals surface area contributed by atoms with Crippen LogP contribution in [-0.4, -0.2) is 41.0 Å². The lowest BCUT2D eigenvalue weighted by Gasteiger charge is -2.36. The fraction of sp³-hybridized carbons (Fsp3) is 0.846. The summed E-state index contributed by atoms with van der Waals surface area (Å²) in [6.45, 7) is 1.32. The number of carbonyl (C=O) groups excluding carboxylic acids is 1. The summed E-state index contributed by atoms with van der Waals surface area (Å²) in [7, 11) is 0. The number of likely N-dealkylation sites (tertiary alicyclic amines) is 1. The summed E-state index contributed by atoms with van der Waals surface area (Å²) in [5, 5.41) is 9.21. The minimum Gasteiger partial charge on any atom is -0.481 e. The SMILES string of the molecule is NC1CCCN(C(=O)C2CCCCC2C(=O)O)C1. The van der Waals surface area contributed by atoms with Crippen molar-refractivity contribution in [3.63, 3.8) is 0 Å². The first-order valence-corrected chi connectivity index (χ1v) is 6.86. The molecule has 3 atom stereocenters. The topological polar surface area (TPSA) is 83.6 Å². The third-order valence-corrected chi connectivity index (χ3v) is 4.17. The number of nitrogens with two attached hydrogens (primary N) is 1. The van der Waals surface area contributed by atoms with Gasteiger partial charge in [0.05, 0.1) is 11.8 Å². The Kier molecular flexibility index (Phi) is 4.22. The van der Waals surface area contributed by atoms with Crippen molar-refractivity contribution in [1.29, 1.82) is 0 Å². The number of amides is 1. The second kappa shape index (κ2) is 5.69. The van der Waals surface area contributed by atoms with Crippen LogP contribution in [0.1, 0.15) is 38.5 Å². The number of hydrogen-bond donors (Lipinski definition) is 2. The Balaban J connectivity index is 2.03. The largest absolute Gasteiger partial charge is 0.481 e. The molecule has 0 radical (unpaired) electrons. The van der Waals surface area contributed by atoms with Crippen LogP contribution in [0.15, 0.2) is 0 Å². The van der Waals surface area contributed by atoms with Crippen LogP contribution in [0, 0.1) is 11.8 Å². The lowest BCUT2D eigenvalue weighted by molar-refractivity contribution is -0.152. The molecule has 0 spiro atoms. The van der Waals surface area contributed by atoms with E-state index in [2.05, 4.69) is 0 Å². The average Bonchev–Trinajstić information content (AvgIpc) is 2.38. The Hall–Kier alpha value is -1.10. The summed E-state index contributed by atoms with van der Waals surface area (Å²) in [4.78, 5) is 25.4. The summed E-state index contributed by atoms with van der Waals surface area (Å²) >= 11 is 0. The van der Waals surface area contributed by atoms with Gasteiger partial charge in [-0.05, 0) is 25.7 Å². The number of aliphatic carboxylic acids is 1. The van der Waals surface area contributed by atoms with Crippen molar-refractivity contribution in [2.45, 2.75) is 44.6 Å². The van der Waals surface area contributed by atoms with Crippen molar-refractivity contribution in [1.82, 2.24) is 4.90 Å². The third-order valence-electron chi connectivity index (χ3n) is 4.17. The van der Waals surface area contributed by atoms with Gasteiger partial charge in [-0.15, -0.1) is 0 Å².